The molecule has 0 aliphatic heterocycles. The van der Waals surface area contributed by atoms with Crippen molar-refractivity contribution in [1.29, 1.82) is 0 Å². The molecule has 8 heteroatoms. The monoisotopic (exact) mass is 310 g/mol. The van der Waals surface area contributed by atoms with Gasteiger partial charge in [0.05, 0.1) is 18.1 Å². The second-order valence-corrected chi connectivity index (χ2v) is 4.99. The van der Waals surface area contributed by atoms with Gasteiger partial charge in [-0.25, -0.2) is 0 Å². The summed E-state index contributed by atoms with van der Waals surface area (Å²) < 4.78 is 2.84. The molecule has 1 amide bonds. The van der Waals surface area contributed by atoms with Crippen molar-refractivity contribution < 1.29 is 4.79 Å². The van der Waals surface area contributed by atoms with E-state index in [2.05, 4.69) is 20.6 Å². The van der Waals surface area contributed by atoms with E-state index in [1.54, 1.807) is 57.0 Å². The van der Waals surface area contributed by atoms with Crippen molar-refractivity contribution >= 4 is 11.7 Å². The number of rotatable bonds is 3. The predicted octanol–water partition coefficient (Wildman–Crippen LogP) is 0.922. The van der Waals surface area contributed by atoms with Crippen LogP contribution in [0.1, 0.15) is 15.9 Å². The van der Waals surface area contributed by atoms with E-state index in [0.717, 1.165) is 0 Å². The van der Waals surface area contributed by atoms with Gasteiger partial charge in [0.2, 0.25) is 0 Å². The molecular formula is C15H14N6O2. The van der Waals surface area contributed by atoms with Crippen molar-refractivity contribution in [1.82, 2.24) is 24.5 Å². The van der Waals surface area contributed by atoms with E-state index in [-0.39, 0.29) is 11.4 Å². The Kier molecular flexibility index (Phi) is 3.71. The highest BCUT2D eigenvalue weighted by Gasteiger charge is 2.17. The molecule has 8 nitrogen and oxygen atoms in total. The van der Waals surface area contributed by atoms with E-state index in [1.807, 2.05) is 0 Å². The zero-order valence-corrected chi connectivity index (χ0v) is 12.6. The third kappa shape index (κ3) is 2.86. The fourth-order valence-electron chi connectivity index (χ4n) is 2.19. The summed E-state index contributed by atoms with van der Waals surface area (Å²) in [6, 6.07) is 5.18. The number of anilines is 1. The third-order valence-electron chi connectivity index (χ3n) is 3.30. The van der Waals surface area contributed by atoms with Gasteiger partial charge in [0, 0.05) is 19.4 Å². The van der Waals surface area contributed by atoms with Gasteiger partial charge in [0.1, 0.15) is 5.56 Å². The van der Waals surface area contributed by atoms with Gasteiger partial charge < -0.3 is 5.32 Å². The van der Waals surface area contributed by atoms with Gasteiger partial charge in [-0.05, 0) is 30.7 Å². The number of carbonyl (C=O) groups is 1. The van der Waals surface area contributed by atoms with Crippen LogP contribution in [0.3, 0.4) is 0 Å². The van der Waals surface area contributed by atoms with Crippen LogP contribution in [0.4, 0.5) is 5.82 Å². The Morgan fingerprint density at radius 2 is 2.13 bits per heavy atom. The Labute approximate surface area is 131 Å². The van der Waals surface area contributed by atoms with Gasteiger partial charge in [-0.15, -0.1) is 5.10 Å². The molecule has 0 bridgehead atoms. The zero-order chi connectivity index (χ0) is 16.4. The summed E-state index contributed by atoms with van der Waals surface area (Å²) >= 11 is 0. The number of nitrogens with one attached hydrogen (secondary N) is 1. The molecule has 23 heavy (non-hydrogen) atoms. The average Bonchev–Trinajstić information content (AvgIpc) is 2.93. The van der Waals surface area contributed by atoms with E-state index in [9.17, 15) is 9.59 Å². The fraction of sp³-hybridized carbons (Fsp3) is 0.133. The fourth-order valence-corrected chi connectivity index (χ4v) is 2.19. The minimum absolute atomic E-state index is 0.0574. The lowest BCUT2D eigenvalue weighted by Crippen LogP contribution is -2.29. The third-order valence-corrected chi connectivity index (χ3v) is 3.30. The molecule has 0 unspecified atom stereocenters. The van der Waals surface area contributed by atoms with E-state index >= 15 is 0 Å². The van der Waals surface area contributed by atoms with Crippen LogP contribution in [-0.4, -0.2) is 30.5 Å². The number of nitrogens with zero attached hydrogens (tertiary/aromatic N) is 5. The van der Waals surface area contributed by atoms with E-state index in [1.165, 1.54) is 9.25 Å². The molecule has 1 N–H and O–H groups in total. The first-order chi connectivity index (χ1) is 11.1. The SMILES string of the molecule is Cc1ccn(-c2cccnc2)c(=O)c1C(=O)Nc1cn(C)nn1. The molecule has 0 saturated heterocycles. The molecule has 116 valence electrons. The Hall–Kier alpha value is -3.29. The topological polar surface area (TPSA) is 94.7 Å². The maximum absolute atomic E-state index is 12.7. The maximum atomic E-state index is 12.7. The molecule has 0 fully saturated rings. The zero-order valence-electron chi connectivity index (χ0n) is 12.6. The predicted molar refractivity (Wildman–Crippen MR) is 83.5 cm³/mol. The molecule has 0 atom stereocenters. The molecule has 3 rings (SSSR count). The number of aryl methyl sites for hydroxylation is 2. The summed E-state index contributed by atoms with van der Waals surface area (Å²) in [5.41, 5.74) is 0.809. The number of hydrogen-bond donors (Lipinski definition) is 1. The number of hydrogen-bond acceptors (Lipinski definition) is 5. The minimum Gasteiger partial charge on any atom is -0.304 e. The van der Waals surface area contributed by atoms with Gasteiger partial charge in [-0.1, -0.05) is 5.21 Å². The van der Waals surface area contributed by atoms with Gasteiger partial charge in [-0.2, -0.15) is 0 Å². The Balaban J connectivity index is 2.02. The number of aromatic nitrogens is 5. The molecule has 0 aliphatic carbocycles. The number of pyridine rings is 2. The molecule has 3 heterocycles. The molecule has 0 saturated carbocycles. The summed E-state index contributed by atoms with van der Waals surface area (Å²) in [5.74, 6) is -0.237. The van der Waals surface area contributed by atoms with Gasteiger partial charge in [0.15, 0.2) is 5.82 Å². The lowest BCUT2D eigenvalue weighted by atomic mass is 10.1. The number of amides is 1. The van der Waals surface area contributed by atoms with Crippen molar-refractivity contribution in [3.05, 3.63) is 64.5 Å². The summed E-state index contributed by atoms with van der Waals surface area (Å²) in [5, 5.41) is 10.1. The van der Waals surface area contributed by atoms with E-state index in [0.29, 0.717) is 11.3 Å². The molecule has 3 aromatic heterocycles. The quantitative estimate of drug-likeness (QED) is 0.776. The lowest BCUT2D eigenvalue weighted by Gasteiger charge is -2.10. The molecule has 0 radical (unpaired) electrons. The largest absolute Gasteiger partial charge is 0.304 e. The molecule has 0 spiro atoms. The van der Waals surface area contributed by atoms with Crippen molar-refractivity contribution in [3.63, 3.8) is 0 Å². The second kappa shape index (κ2) is 5.84. The average molecular weight is 310 g/mol. The van der Waals surface area contributed by atoms with Gasteiger partial charge >= 0.3 is 0 Å². The summed E-state index contributed by atoms with van der Waals surface area (Å²) in [6.07, 6.45) is 6.34. The second-order valence-electron chi connectivity index (χ2n) is 4.99. The highest BCUT2D eigenvalue weighted by Crippen LogP contribution is 2.09. The lowest BCUT2D eigenvalue weighted by molar-refractivity contribution is 0.102. The van der Waals surface area contributed by atoms with E-state index in [4.69, 9.17) is 0 Å². The van der Waals surface area contributed by atoms with E-state index < -0.39 is 11.5 Å². The van der Waals surface area contributed by atoms with Crippen molar-refractivity contribution in [2.45, 2.75) is 6.92 Å². The van der Waals surface area contributed by atoms with Crippen LogP contribution in [0.5, 0.6) is 0 Å². The molecule has 0 aliphatic rings. The van der Waals surface area contributed by atoms with Crippen LogP contribution in [0, 0.1) is 6.92 Å². The van der Waals surface area contributed by atoms with Crippen molar-refractivity contribution in [2.75, 3.05) is 5.32 Å². The first-order valence-corrected chi connectivity index (χ1v) is 6.86. The Morgan fingerprint density at radius 3 is 2.78 bits per heavy atom. The van der Waals surface area contributed by atoms with Crippen molar-refractivity contribution in [2.24, 2.45) is 7.05 Å². The van der Waals surface area contributed by atoms with Crippen LogP contribution in [-0.2, 0) is 7.05 Å². The molecule has 0 aromatic carbocycles. The smallest absolute Gasteiger partial charge is 0.268 e. The van der Waals surface area contributed by atoms with Crippen molar-refractivity contribution in [3.8, 4) is 5.69 Å². The summed E-state index contributed by atoms with van der Waals surface area (Å²) in [4.78, 5) is 29.1. The van der Waals surface area contributed by atoms with Crippen LogP contribution in [0.2, 0.25) is 0 Å². The van der Waals surface area contributed by atoms with Crippen LogP contribution in [0.15, 0.2) is 47.8 Å². The van der Waals surface area contributed by atoms with Crippen LogP contribution < -0.4 is 10.9 Å². The Morgan fingerprint density at radius 1 is 1.30 bits per heavy atom. The first-order valence-electron chi connectivity index (χ1n) is 6.86. The van der Waals surface area contributed by atoms with Gasteiger partial charge in [0.25, 0.3) is 11.5 Å². The van der Waals surface area contributed by atoms with Crippen LogP contribution >= 0.6 is 0 Å². The summed E-state index contributed by atoms with van der Waals surface area (Å²) in [7, 11) is 1.69. The summed E-state index contributed by atoms with van der Waals surface area (Å²) in [6.45, 7) is 1.71. The standard InChI is InChI=1S/C15H14N6O2/c1-10-5-7-21(11-4-3-6-16-8-11)15(23)13(10)14(22)17-12-9-20(2)19-18-12/h3-9H,1-2H3,(H,17,22). The maximum Gasteiger partial charge on any atom is 0.268 e. The minimum atomic E-state index is -0.522. The molecule has 3 aromatic rings. The van der Waals surface area contributed by atoms with Crippen LogP contribution in [0.25, 0.3) is 5.69 Å². The number of carbonyl (C=O) groups excluding carboxylic acids is 1. The highest BCUT2D eigenvalue weighted by atomic mass is 16.2. The first kappa shape index (κ1) is 14.6. The Bertz CT molecular complexity index is 913. The highest BCUT2D eigenvalue weighted by molar-refractivity contribution is 6.04. The normalized spacial score (nSPS) is 10.5. The van der Waals surface area contributed by atoms with Gasteiger partial charge in [-0.3, -0.25) is 23.8 Å². The molecular weight excluding hydrogens is 296 g/mol.